The molecule has 1 heterocycles. The number of Topliss-reactive ketones (excluding diaryl/α,β-unsaturated/α-hetero) is 1. The van der Waals surface area contributed by atoms with E-state index in [1.165, 1.54) is 13.1 Å². The molecule has 0 saturated carbocycles. The van der Waals surface area contributed by atoms with Crippen molar-refractivity contribution in [2.24, 2.45) is 0 Å². The lowest BCUT2D eigenvalue weighted by Crippen LogP contribution is -2.01. The van der Waals surface area contributed by atoms with Crippen molar-refractivity contribution in [2.45, 2.75) is 6.92 Å². The number of halogens is 1. The van der Waals surface area contributed by atoms with E-state index in [-0.39, 0.29) is 11.3 Å². The van der Waals surface area contributed by atoms with E-state index in [0.717, 1.165) is 6.07 Å². The van der Waals surface area contributed by atoms with Crippen LogP contribution < -0.4 is 0 Å². The van der Waals surface area contributed by atoms with Gasteiger partial charge in [-0.05, 0) is 6.07 Å². The van der Waals surface area contributed by atoms with Gasteiger partial charge < -0.3 is 0 Å². The van der Waals surface area contributed by atoms with E-state index in [9.17, 15) is 9.18 Å². The second-order valence-electron chi connectivity index (χ2n) is 2.22. The van der Waals surface area contributed by atoms with Gasteiger partial charge in [0.25, 0.3) is 0 Å². The van der Waals surface area contributed by atoms with Gasteiger partial charge in [0.1, 0.15) is 11.8 Å². The zero-order valence-corrected chi connectivity index (χ0v) is 6.34. The number of hydrogen-bond acceptors (Lipinski definition) is 3. The van der Waals surface area contributed by atoms with Crippen LogP contribution in [0.25, 0.3) is 0 Å². The first-order chi connectivity index (χ1) is 5.65. The molecule has 0 saturated heterocycles. The quantitative estimate of drug-likeness (QED) is 0.587. The predicted molar refractivity (Wildman–Crippen MR) is 38.9 cm³/mol. The lowest BCUT2D eigenvalue weighted by molar-refractivity contribution is 0.100. The number of hydrogen-bond donors (Lipinski definition) is 0. The molecule has 0 N–H and O–H groups in total. The molecule has 0 aliphatic carbocycles. The molecule has 0 fully saturated rings. The summed E-state index contributed by atoms with van der Waals surface area (Å²) in [5.41, 5.74) is -0.119. The predicted octanol–water partition coefficient (Wildman–Crippen LogP) is 1.29. The zero-order valence-electron chi connectivity index (χ0n) is 6.34. The van der Waals surface area contributed by atoms with Crippen molar-refractivity contribution in [3.05, 3.63) is 29.3 Å². The van der Waals surface area contributed by atoms with Gasteiger partial charge in [0, 0.05) is 13.1 Å². The summed E-state index contributed by atoms with van der Waals surface area (Å²) >= 11 is 0. The van der Waals surface area contributed by atoms with Gasteiger partial charge in [0.2, 0.25) is 0 Å². The molecule has 12 heavy (non-hydrogen) atoms. The van der Waals surface area contributed by atoms with Gasteiger partial charge >= 0.3 is 0 Å². The Bertz CT molecular complexity index is 368. The Labute approximate surface area is 68.5 Å². The van der Waals surface area contributed by atoms with Crippen LogP contribution in [-0.2, 0) is 0 Å². The molecular weight excluding hydrogens is 159 g/mol. The Morgan fingerprint density at radius 3 is 2.83 bits per heavy atom. The third-order valence-electron chi connectivity index (χ3n) is 1.30. The molecule has 1 aromatic heterocycles. The number of nitriles is 1. The third-order valence-corrected chi connectivity index (χ3v) is 1.30. The maximum atomic E-state index is 12.9. The number of ketones is 1. The molecule has 3 nitrogen and oxygen atoms in total. The van der Waals surface area contributed by atoms with Crippen molar-refractivity contribution < 1.29 is 9.18 Å². The van der Waals surface area contributed by atoms with Gasteiger partial charge in [-0.3, -0.25) is 4.79 Å². The number of nitrogens with zero attached hydrogens (tertiary/aromatic N) is 2. The minimum Gasteiger partial charge on any atom is -0.293 e. The molecule has 0 atom stereocenters. The van der Waals surface area contributed by atoms with Crippen LogP contribution in [0.3, 0.4) is 0 Å². The van der Waals surface area contributed by atoms with Crippen LogP contribution in [0.5, 0.6) is 0 Å². The summed E-state index contributed by atoms with van der Waals surface area (Å²) in [7, 11) is 0. The van der Waals surface area contributed by atoms with Crippen LogP contribution in [0.4, 0.5) is 4.39 Å². The van der Waals surface area contributed by atoms with Crippen LogP contribution in [0.15, 0.2) is 12.3 Å². The van der Waals surface area contributed by atoms with Crippen molar-refractivity contribution in [3.8, 4) is 6.07 Å². The molecule has 0 bridgehead atoms. The second-order valence-corrected chi connectivity index (χ2v) is 2.22. The van der Waals surface area contributed by atoms with Gasteiger partial charge in [-0.1, -0.05) is 0 Å². The highest BCUT2D eigenvalue weighted by Gasteiger charge is 2.08. The van der Waals surface area contributed by atoms with Crippen molar-refractivity contribution in [1.29, 1.82) is 5.26 Å². The normalized spacial score (nSPS) is 9.08. The van der Waals surface area contributed by atoms with Crippen LogP contribution in [0.2, 0.25) is 0 Å². The highest BCUT2D eigenvalue weighted by Crippen LogP contribution is 2.06. The third kappa shape index (κ3) is 1.45. The molecule has 0 aliphatic heterocycles. The van der Waals surface area contributed by atoms with E-state index in [0.29, 0.717) is 0 Å². The zero-order chi connectivity index (χ0) is 9.14. The highest BCUT2D eigenvalue weighted by atomic mass is 19.1. The lowest BCUT2D eigenvalue weighted by atomic mass is 10.2. The number of aromatic nitrogens is 1. The fourth-order valence-corrected chi connectivity index (χ4v) is 0.758. The van der Waals surface area contributed by atoms with E-state index >= 15 is 0 Å². The topological polar surface area (TPSA) is 53.8 Å². The molecule has 0 aromatic carbocycles. The number of pyridine rings is 1. The Morgan fingerprint density at radius 1 is 1.75 bits per heavy atom. The van der Waals surface area contributed by atoms with Crippen LogP contribution in [0, 0.1) is 17.1 Å². The summed E-state index contributed by atoms with van der Waals surface area (Å²) in [5.74, 6) is -1.20. The van der Waals surface area contributed by atoms with Gasteiger partial charge in [0.05, 0.1) is 5.56 Å². The molecule has 0 spiro atoms. The SMILES string of the molecule is CC(=O)c1ncc(C#N)cc1F. The van der Waals surface area contributed by atoms with E-state index < -0.39 is 11.6 Å². The fourth-order valence-electron chi connectivity index (χ4n) is 0.758. The van der Waals surface area contributed by atoms with Crippen molar-refractivity contribution >= 4 is 5.78 Å². The maximum Gasteiger partial charge on any atom is 0.181 e. The van der Waals surface area contributed by atoms with Crippen molar-refractivity contribution in [3.63, 3.8) is 0 Å². The van der Waals surface area contributed by atoms with Gasteiger partial charge in [-0.15, -0.1) is 0 Å². The number of carbonyl (C=O) groups excluding carboxylic acids is 1. The maximum absolute atomic E-state index is 12.9. The smallest absolute Gasteiger partial charge is 0.181 e. The average molecular weight is 164 g/mol. The first kappa shape index (κ1) is 8.34. The first-order valence-electron chi connectivity index (χ1n) is 3.21. The molecule has 4 heteroatoms. The molecule has 0 aliphatic rings. The van der Waals surface area contributed by atoms with E-state index in [4.69, 9.17) is 5.26 Å². The van der Waals surface area contributed by atoms with Gasteiger partial charge in [0.15, 0.2) is 11.6 Å². The number of carbonyl (C=O) groups is 1. The Hall–Kier alpha value is -1.76. The molecule has 1 rings (SSSR count). The second kappa shape index (κ2) is 3.09. The highest BCUT2D eigenvalue weighted by molar-refractivity contribution is 5.92. The molecule has 0 amide bonds. The van der Waals surface area contributed by atoms with Gasteiger partial charge in [-0.2, -0.15) is 5.26 Å². The molecule has 60 valence electrons. The molecular formula is C8H5FN2O. The summed E-state index contributed by atoms with van der Waals surface area (Å²) in [6.07, 6.45) is 1.17. The minimum absolute atomic E-state index is 0.109. The summed E-state index contributed by atoms with van der Waals surface area (Å²) in [5, 5.41) is 8.35. The monoisotopic (exact) mass is 164 g/mol. The Balaban J connectivity index is 3.23. The van der Waals surface area contributed by atoms with Gasteiger partial charge in [-0.25, -0.2) is 9.37 Å². The van der Waals surface area contributed by atoms with E-state index in [2.05, 4.69) is 4.98 Å². The first-order valence-corrected chi connectivity index (χ1v) is 3.21. The minimum atomic E-state index is -0.749. The summed E-state index contributed by atoms with van der Waals surface area (Å²) in [6.45, 7) is 1.22. The van der Waals surface area contributed by atoms with E-state index in [1.54, 1.807) is 6.07 Å². The lowest BCUT2D eigenvalue weighted by Gasteiger charge is -1.95. The summed E-state index contributed by atoms with van der Waals surface area (Å²) in [6, 6.07) is 2.71. The van der Waals surface area contributed by atoms with Crippen molar-refractivity contribution in [1.82, 2.24) is 4.98 Å². The van der Waals surface area contributed by atoms with Crippen LogP contribution >= 0.6 is 0 Å². The number of rotatable bonds is 1. The summed E-state index contributed by atoms with van der Waals surface area (Å²) in [4.78, 5) is 14.2. The molecule has 0 unspecified atom stereocenters. The van der Waals surface area contributed by atoms with Crippen LogP contribution in [-0.4, -0.2) is 10.8 Å². The molecule has 0 radical (unpaired) electrons. The van der Waals surface area contributed by atoms with E-state index in [1.807, 2.05) is 0 Å². The van der Waals surface area contributed by atoms with Crippen LogP contribution in [0.1, 0.15) is 23.0 Å². The Kier molecular flexibility index (Phi) is 2.15. The van der Waals surface area contributed by atoms with Crippen molar-refractivity contribution in [2.75, 3.05) is 0 Å². The standard InChI is InChI=1S/C8H5FN2O/c1-5(12)8-7(9)2-6(3-10)4-11-8/h2,4H,1H3. The average Bonchev–Trinajstić information content (AvgIpc) is 2.03. The Morgan fingerprint density at radius 2 is 2.42 bits per heavy atom. The fraction of sp³-hybridized carbons (Fsp3) is 0.125. The molecule has 1 aromatic rings. The largest absolute Gasteiger partial charge is 0.293 e. The summed E-state index contributed by atoms with van der Waals surface area (Å²) < 4.78 is 12.9.